The van der Waals surface area contributed by atoms with E-state index in [0.717, 1.165) is 20.5 Å². The number of aromatic carboxylic acids is 1. The summed E-state index contributed by atoms with van der Waals surface area (Å²) in [6.45, 7) is 0. The molecule has 1 atom stereocenters. The number of nitrogens with one attached hydrogen (secondary N) is 1. The minimum Gasteiger partial charge on any atom is -0.477 e. The van der Waals surface area contributed by atoms with E-state index in [2.05, 4.69) is 21.2 Å². The van der Waals surface area contributed by atoms with Crippen LogP contribution in [0, 0.1) is 0 Å². The van der Waals surface area contributed by atoms with E-state index >= 15 is 0 Å². The van der Waals surface area contributed by atoms with Crippen molar-refractivity contribution in [1.82, 2.24) is 0 Å². The number of hydrogen-bond acceptors (Lipinski definition) is 3. The first kappa shape index (κ1) is 17.0. The zero-order valence-electron chi connectivity index (χ0n) is 13.5. The van der Waals surface area contributed by atoms with Crippen molar-refractivity contribution < 1.29 is 14.7 Å². The molecule has 2 aromatic carbocycles. The zero-order chi connectivity index (χ0) is 18.3. The Balaban J connectivity index is 1.97. The van der Waals surface area contributed by atoms with Crippen molar-refractivity contribution >= 4 is 44.8 Å². The summed E-state index contributed by atoms with van der Waals surface area (Å²) in [6.07, 6.45) is 0.295. The van der Waals surface area contributed by atoms with Crippen LogP contribution in [-0.2, 0) is 4.79 Å². The van der Waals surface area contributed by atoms with Crippen LogP contribution >= 0.6 is 27.3 Å². The molecule has 6 heteroatoms. The second-order valence-electron chi connectivity index (χ2n) is 6.04. The van der Waals surface area contributed by atoms with E-state index in [4.69, 9.17) is 0 Å². The molecule has 0 saturated heterocycles. The van der Waals surface area contributed by atoms with Gasteiger partial charge in [0, 0.05) is 27.3 Å². The lowest BCUT2D eigenvalue weighted by atomic mass is 9.89. The minimum atomic E-state index is -0.983. The molecule has 2 heterocycles. The van der Waals surface area contributed by atoms with Crippen LogP contribution in [0.2, 0.25) is 0 Å². The molecule has 1 amide bonds. The van der Waals surface area contributed by atoms with E-state index in [9.17, 15) is 14.7 Å². The number of carboxylic acids is 1. The molecule has 4 nitrogen and oxygen atoms in total. The lowest BCUT2D eigenvalue weighted by molar-refractivity contribution is -0.116. The monoisotopic (exact) mass is 427 g/mol. The Morgan fingerprint density at radius 2 is 1.81 bits per heavy atom. The number of anilines is 1. The average Bonchev–Trinajstić information content (AvgIpc) is 3.02. The van der Waals surface area contributed by atoms with Gasteiger partial charge in [0.1, 0.15) is 4.88 Å². The Kier molecular flexibility index (Phi) is 4.38. The predicted molar refractivity (Wildman–Crippen MR) is 106 cm³/mol. The maximum atomic E-state index is 12.4. The maximum Gasteiger partial charge on any atom is 0.346 e. The first-order valence-electron chi connectivity index (χ1n) is 8.06. The van der Waals surface area contributed by atoms with Crippen molar-refractivity contribution in [1.29, 1.82) is 0 Å². The topological polar surface area (TPSA) is 66.4 Å². The molecule has 0 unspecified atom stereocenters. The van der Waals surface area contributed by atoms with Gasteiger partial charge in [-0.2, -0.15) is 0 Å². The third-order valence-electron chi connectivity index (χ3n) is 4.44. The molecule has 1 aliphatic rings. The molecule has 0 aliphatic carbocycles. The number of fused-ring (bicyclic) bond motifs is 1. The highest BCUT2D eigenvalue weighted by atomic mass is 79.9. The van der Waals surface area contributed by atoms with Gasteiger partial charge >= 0.3 is 5.97 Å². The molecule has 130 valence electrons. The number of amides is 1. The molecule has 26 heavy (non-hydrogen) atoms. The van der Waals surface area contributed by atoms with E-state index in [0.29, 0.717) is 17.7 Å². The molecule has 1 aliphatic heterocycles. The van der Waals surface area contributed by atoms with Crippen LogP contribution in [0.1, 0.15) is 32.5 Å². The Hall–Kier alpha value is -2.44. The van der Waals surface area contributed by atoms with Gasteiger partial charge in [-0.3, -0.25) is 4.79 Å². The van der Waals surface area contributed by atoms with Crippen molar-refractivity contribution in [3.8, 4) is 11.1 Å². The Bertz CT molecular complexity index is 1010. The summed E-state index contributed by atoms with van der Waals surface area (Å²) in [6, 6.07) is 17.1. The molecular formula is C20H14BrNO3S. The molecule has 1 aromatic heterocycles. The highest BCUT2D eigenvalue weighted by molar-refractivity contribution is 9.10. The largest absolute Gasteiger partial charge is 0.477 e. The van der Waals surface area contributed by atoms with Crippen LogP contribution in [0.3, 0.4) is 0 Å². The molecule has 0 bridgehead atoms. The van der Waals surface area contributed by atoms with Crippen LogP contribution in [0.25, 0.3) is 11.1 Å². The number of rotatable bonds is 3. The van der Waals surface area contributed by atoms with Crippen LogP contribution in [0.15, 0.2) is 59.1 Å². The third kappa shape index (κ3) is 2.85. The fourth-order valence-electron chi connectivity index (χ4n) is 3.33. The Morgan fingerprint density at radius 3 is 2.50 bits per heavy atom. The average molecular weight is 428 g/mol. The van der Waals surface area contributed by atoms with E-state index in [1.165, 1.54) is 11.3 Å². The lowest BCUT2D eigenvalue weighted by Gasteiger charge is -2.24. The number of benzene rings is 2. The summed E-state index contributed by atoms with van der Waals surface area (Å²) in [5.41, 5.74) is 2.98. The fraction of sp³-hybridized carbons (Fsp3) is 0.100. The van der Waals surface area contributed by atoms with Gasteiger partial charge in [-0.1, -0.05) is 64.5 Å². The Morgan fingerprint density at radius 1 is 1.12 bits per heavy atom. The third-order valence-corrected chi connectivity index (χ3v) is 6.46. The highest BCUT2D eigenvalue weighted by Crippen LogP contribution is 2.50. The van der Waals surface area contributed by atoms with E-state index in [1.807, 2.05) is 54.6 Å². The summed E-state index contributed by atoms with van der Waals surface area (Å²) in [5.74, 6) is -1.26. The SMILES string of the molecule is O=C1C[C@H](c2ccccc2Br)c2sc(C(=O)O)c(-c3ccccc3)c2N1. The minimum absolute atomic E-state index is 0.106. The van der Waals surface area contributed by atoms with Gasteiger partial charge in [-0.25, -0.2) is 4.79 Å². The maximum absolute atomic E-state index is 12.4. The highest BCUT2D eigenvalue weighted by Gasteiger charge is 2.35. The van der Waals surface area contributed by atoms with Crippen molar-refractivity contribution in [3.63, 3.8) is 0 Å². The van der Waals surface area contributed by atoms with Crippen LogP contribution in [0.4, 0.5) is 5.69 Å². The second kappa shape index (κ2) is 6.70. The number of carbonyl (C=O) groups excluding carboxylic acids is 1. The molecular weight excluding hydrogens is 414 g/mol. The van der Waals surface area contributed by atoms with E-state index in [1.54, 1.807) is 0 Å². The number of carboxylic acid groups (broad SMARTS) is 1. The lowest BCUT2D eigenvalue weighted by Crippen LogP contribution is -2.22. The molecule has 0 fully saturated rings. The number of hydrogen-bond donors (Lipinski definition) is 2. The Labute approximate surface area is 162 Å². The van der Waals surface area contributed by atoms with E-state index < -0.39 is 5.97 Å². The molecule has 4 rings (SSSR count). The quantitative estimate of drug-likeness (QED) is 0.591. The molecule has 3 aromatic rings. The van der Waals surface area contributed by atoms with Crippen molar-refractivity contribution in [2.45, 2.75) is 12.3 Å². The van der Waals surface area contributed by atoms with Gasteiger partial charge in [0.25, 0.3) is 0 Å². The van der Waals surface area contributed by atoms with Crippen molar-refractivity contribution in [2.24, 2.45) is 0 Å². The molecule has 0 radical (unpaired) electrons. The first-order valence-corrected chi connectivity index (χ1v) is 9.67. The number of halogens is 1. The summed E-state index contributed by atoms with van der Waals surface area (Å²) in [7, 11) is 0. The predicted octanol–water partition coefficient (Wildman–Crippen LogP) is 5.35. The standard InChI is InChI=1S/C20H14BrNO3S/c21-14-9-5-4-8-12(14)13-10-15(23)22-17-16(11-6-2-1-3-7-11)19(20(24)25)26-18(13)17/h1-9,13H,10H2,(H,22,23)(H,24,25)/t13-/m1/s1. The van der Waals surface area contributed by atoms with Crippen LogP contribution < -0.4 is 5.32 Å². The smallest absolute Gasteiger partial charge is 0.346 e. The van der Waals surface area contributed by atoms with Crippen LogP contribution in [-0.4, -0.2) is 17.0 Å². The molecule has 2 N–H and O–H groups in total. The number of carbonyl (C=O) groups is 2. The van der Waals surface area contributed by atoms with Gasteiger partial charge in [0.15, 0.2) is 0 Å². The summed E-state index contributed by atoms with van der Waals surface area (Å²) in [5, 5.41) is 12.7. The first-order chi connectivity index (χ1) is 12.6. The summed E-state index contributed by atoms with van der Waals surface area (Å²) < 4.78 is 0.914. The van der Waals surface area contributed by atoms with Gasteiger partial charge in [-0.15, -0.1) is 11.3 Å². The van der Waals surface area contributed by atoms with Crippen molar-refractivity contribution in [3.05, 3.63) is 74.4 Å². The zero-order valence-corrected chi connectivity index (χ0v) is 15.9. The van der Waals surface area contributed by atoms with Crippen molar-refractivity contribution in [2.75, 3.05) is 5.32 Å². The van der Waals surface area contributed by atoms with Gasteiger partial charge in [0.05, 0.1) is 5.69 Å². The van der Waals surface area contributed by atoms with Crippen LogP contribution in [0.5, 0.6) is 0 Å². The normalized spacial score (nSPS) is 16.0. The molecule has 0 saturated carbocycles. The van der Waals surface area contributed by atoms with E-state index in [-0.39, 0.29) is 16.7 Å². The molecule has 0 spiro atoms. The summed E-state index contributed by atoms with van der Waals surface area (Å²) >= 11 is 4.80. The number of thiophene rings is 1. The van der Waals surface area contributed by atoms with Gasteiger partial charge < -0.3 is 10.4 Å². The summed E-state index contributed by atoms with van der Waals surface area (Å²) in [4.78, 5) is 25.4. The fourth-order valence-corrected chi connectivity index (χ4v) is 5.12. The van der Waals surface area contributed by atoms with Gasteiger partial charge in [0.2, 0.25) is 5.91 Å². The second-order valence-corrected chi connectivity index (χ2v) is 7.95. The van der Waals surface area contributed by atoms with Gasteiger partial charge in [-0.05, 0) is 17.2 Å².